The predicted octanol–water partition coefficient (Wildman–Crippen LogP) is 2.99. The van der Waals surface area contributed by atoms with E-state index in [1.165, 1.54) is 0 Å². The molecule has 120 valence electrons. The van der Waals surface area contributed by atoms with E-state index in [9.17, 15) is 10.2 Å². The second kappa shape index (κ2) is 6.77. The Labute approximate surface area is 153 Å². The Morgan fingerprint density at radius 2 is 1.96 bits per heavy atom. The van der Waals surface area contributed by atoms with Crippen molar-refractivity contribution >= 4 is 44.9 Å². The number of piperidine rings is 1. The summed E-state index contributed by atoms with van der Waals surface area (Å²) in [5.74, 6) is 1.57. The molecule has 2 aromatic rings. The van der Waals surface area contributed by atoms with Gasteiger partial charge in [0.15, 0.2) is 11.9 Å². The van der Waals surface area contributed by atoms with Crippen LogP contribution in [0.1, 0.15) is 23.2 Å². The molecule has 1 N–H and O–H groups in total. The molecule has 1 aromatic heterocycles. The molecule has 0 bridgehead atoms. The zero-order valence-electron chi connectivity index (χ0n) is 12.9. The standard InChI is InChI=1S/C18H14BrN3OS/c1-11-4-2-3-9-22(11)16-15(12-5-7-13(19)8-6-12)14(10-20)18(24)21-17(16)23/h2-9,15-16H,1H3,(H,21,23,24)/t15-,16+/m0/s1. The summed E-state index contributed by atoms with van der Waals surface area (Å²) >= 11 is 8.65. The van der Waals surface area contributed by atoms with Crippen molar-refractivity contribution in [3.63, 3.8) is 0 Å². The Bertz CT molecular complexity index is 872. The summed E-state index contributed by atoms with van der Waals surface area (Å²) in [6.07, 6.45) is 1.86. The second-order valence-corrected chi connectivity index (χ2v) is 6.89. The van der Waals surface area contributed by atoms with Gasteiger partial charge in [-0.15, -0.1) is 0 Å². The number of halogens is 1. The van der Waals surface area contributed by atoms with E-state index in [0.717, 1.165) is 15.7 Å². The van der Waals surface area contributed by atoms with Gasteiger partial charge >= 0.3 is 0 Å². The predicted molar refractivity (Wildman–Crippen MR) is 99.9 cm³/mol. The summed E-state index contributed by atoms with van der Waals surface area (Å²) < 4.78 is 2.83. The Kier molecular flexibility index (Phi) is 4.71. The number of nitrogens with one attached hydrogen (secondary N) is 1. The van der Waals surface area contributed by atoms with Crippen LogP contribution >= 0.6 is 28.1 Å². The second-order valence-electron chi connectivity index (χ2n) is 5.57. The maximum atomic E-state index is 12.7. The van der Waals surface area contributed by atoms with Crippen LogP contribution in [0.2, 0.25) is 0 Å². The molecule has 1 aliphatic rings. The van der Waals surface area contributed by atoms with Gasteiger partial charge in [-0.25, -0.2) is 0 Å². The minimum Gasteiger partial charge on any atom is -0.763 e. The van der Waals surface area contributed by atoms with Crippen LogP contribution in [-0.2, 0) is 4.79 Å². The molecular weight excluding hydrogens is 386 g/mol. The SMILES string of the molecule is Cc1cccc[n+]1[C@H]1C(=O)NC(=S)C(=C=[N-])[C@@H]1c1ccc(Br)cc1. The number of nitrogens with zero attached hydrogens (tertiary/aromatic N) is 2. The fourth-order valence-corrected chi connectivity index (χ4v) is 3.52. The molecule has 1 aromatic carbocycles. The van der Waals surface area contributed by atoms with E-state index in [0.29, 0.717) is 5.57 Å². The van der Waals surface area contributed by atoms with Gasteiger partial charge in [-0.05, 0) is 17.7 Å². The molecule has 0 unspecified atom stereocenters. The van der Waals surface area contributed by atoms with Crippen LogP contribution in [0.25, 0.3) is 5.41 Å². The fraction of sp³-hybridized carbons (Fsp3) is 0.167. The maximum absolute atomic E-state index is 12.7. The Balaban J connectivity index is 2.21. The van der Waals surface area contributed by atoms with Crippen LogP contribution < -0.4 is 9.88 Å². The lowest BCUT2D eigenvalue weighted by atomic mass is 9.81. The number of aromatic nitrogens is 1. The first-order valence-electron chi connectivity index (χ1n) is 7.37. The Hall–Kier alpha value is -2.14. The van der Waals surface area contributed by atoms with Gasteiger partial charge in [-0.2, -0.15) is 4.57 Å². The summed E-state index contributed by atoms with van der Waals surface area (Å²) in [7, 11) is 0. The molecule has 1 aliphatic heterocycles. The number of rotatable bonds is 2. The highest BCUT2D eigenvalue weighted by atomic mass is 79.9. The minimum absolute atomic E-state index is 0.203. The zero-order chi connectivity index (χ0) is 17.3. The Morgan fingerprint density at radius 3 is 2.58 bits per heavy atom. The summed E-state index contributed by atoms with van der Waals surface area (Å²) in [4.78, 5) is 12.9. The first-order chi connectivity index (χ1) is 11.5. The van der Waals surface area contributed by atoms with Crippen molar-refractivity contribution in [3.05, 3.63) is 75.4 Å². The van der Waals surface area contributed by atoms with Crippen molar-refractivity contribution in [2.75, 3.05) is 0 Å². The quantitative estimate of drug-likeness (QED) is 0.365. The molecule has 2 heterocycles. The average molecular weight is 400 g/mol. The molecule has 0 aliphatic carbocycles. The summed E-state index contributed by atoms with van der Waals surface area (Å²) in [6, 6.07) is 12.8. The maximum Gasteiger partial charge on any atom is 0.295 e. The molecule has 0 saturated carbocycles. The number of carbonyl (C=O) groups is 1. The molecule has 4 nitrogen and oxygen atoms in total. The molecule has 6 heteroatoms. The van der Waals surface area contributed by atoms with Gasteiger partial charge in [-0.1, -0.05) is 46.3 Å². The smallest absolute Gasteiger partial charge is 0.295 e. The van der Waals surface area contributed by atoms with E-state index in [2.05, 4.69) is 27.1 Å². The summed E-state index contributed by atoms with van der Waals surface area (Å²) in [5, 5.41) is 12.3. The van der Waals surface area contributed by atoms with Crippen molar-refractivity contribution in [1.82, 2.24) is 5.32 Å². The van der Waals surface area contributed by atoms with Crippen molar-refractivity contribution < 1.29 is 9.36 Å². The van der Waals surface area contributed by atoms with Crippen LogP contribution in [0.5, 0.6) is 0 Å². The molecule has 1 saturated heterocycles. The van der Waals surface area contributed by atoms with E-state index in [4.69, 9.17) is 12.2 Å². The lowest BCUT2D eigenvalue weighted by molar-refractivity contribution is -0.717. The summed E-state index contributed by atoms with van der Waals surface area (Å²) in [5.41, 5.74) is 2.23. The number of amides is 1. The number of carbonyl (C=O) groups excluding carboxylic acids is 1. The van der Waals surface area contributed by atoms with Crippen molar-refractivity contribution in [1.29, 1.82) is 0 Å². The number of benzene rings is 1. The first kappa shape index (κ1) is 16.7. The van der Waals surface area contributed by atoms with Crippen molar-refractivity contribution in [3.8, 4) is 0 Å². The normalized spacial score (nSPS) is 20.5. The molecular formula is C18H14BrN3OS. The fourth-order valence-electron chi connectivity index (χ4n) is 2.98. The highest BCUT2D eigenvalue weighted by molar-refractivity contribution is 9.10. The lowest BCUT2D eigenvalue weighted by Crippen LogP contribution is -2.57. The minimum atomic E-state index is -0.561. The van der Waals surface area contributed by atoms with Gasteiger partial charge in [0, 0.05) is 29.1 Å². The van der Waals surface area contributed by atoms with E-state index >= 15 is 0 Å². The van der Waals surface area contributed by atoms with E-state index in [1.807, 2.05) is 60.2 Å². The van der Waals surface area contributed by atoms with Gasteiger partial charge in [0.2, 0.25) is 6.04 Å². The van der Waals surface area contributed by atoms with Crippen molar-refractivity contribution in [2.24, 2.45) is 0 Å². The monoisotopic (exact) mass is 399 g/mol. The molecule has 0 spiro atoms. The molecule has 1 amide bonds. The van der Waals surface area contributed by atoms with Crippen LogP contribution in [-0.4, -0.2) is 16.8 Å². The third kappa shape index (κ3) is 2.96. The lowest BCUT2D eigenvalue weighted by Gasteiger charge is -2.30. The molecule has 1 fully saturated rings. The highest BCUT2D eigenvalue weighted by Crippen LogP contribution is 2.35. The average Bonchev–Trinajstić information content (AvgIpc) is 2.56. The van der Waals surface area contributed by atoms with E-state index in [1.54, 1.807) is 0 Å². The first-order valence-corrected chi connectivity index (χ1v) is 8.57. The van der Waals surface area contributed by atoms with E-state index < -0.39 is 12.0 Å². The van der Waals surface area contributed by atoms with Crippen LogP contribution in [0.15, 0.2) is 58.7 Å². The number of aryl methyl sites for hydroxylation is 1. The third-order valence-corrected chi connectivity index (χ3v) is 4.98. The van der Waals surface area contributed by atoms with Crippen LogP contribution in [0.3, 0.4) is 0 Å². The van der Waals surface area contributed by atoms with Crippen molar-refractivity contribution in [2.45, 2.75) is 18.9 Å². The van der Waals surface area contributed by atoms with Gasteiger partial charge in [0.25, 0.3) is 5.91 Å². The topological polar surface area (TPSA) is 55.3 Å². The van der Waals surface area contributed by atoms with Gasteiger partial charge in [-0.3, -0.25) is 10.7 Å². The highest BCUT2D eigenvalue weighted by Gasteiger charge is 2.45. The Morgan fingerprint density at radius 1 is 1.25 bits per heavy atom. The number of hydrogen-bond donors (Lipinski definition) is 1. The summed E-state index contributed by atoms with van der Waals surface area (Å²) in [6.45, 7) is 1.94. The van der Waals surface area contributed by atoms with Gasteiger partial charge < -0.3 is 10.7 Å². The van der Waals surface area contributed by atoms with Gasteiger partial charge in [0.1, 0.15) is 4.99 Å². The molecule has 2 atom stereocenters. The van der Waals surface area contributed by atoms with Crippen LogP contribution in [0.4, 0.5) is 0 Å². The largest absolute Gasteiger partial charge is 0.763 e. The molecule has 0 radical (unpaired) electrons. The van der Waals surface area contributed by atoms with Crippen LogP contribution in [0, 0.1) is 6.92 Å². The number of thiocarbonyl (C=S) groups is 1. The third-order valence-electron chi connectivity index (χ3n) is 4.13. The number of pyridine rings is 1. The molecule has 3 rings (SSSR count). The zero-order valence-corrected chi connectivity index (χ0v) is 15.3. The number of hydrogen-bond acceptors (Lipinski definition) is 2. The van der Waals surface area contributed by atoms with Gasteiger partial charge in [0.05, 0.1) is 5.92 Å². The molecule has 24 heavy (non-hydrogen) atoms. The van der Waals surface area contributed by atoms with E-state index in [-0.39, 0.29) is 10.9 Å².